The van der Waals surface area contributed by atoms with Gasteiger partial charge in [0, 0.05) is 17.5 Å². The smallest absolute Gasteiger partial charge is 0.228 e. The lowest BCUT2D eigenvalue weighted by Gasteiger charge is -2.13. The van der Waals surface area contributed by atoms with Crippen molar-refractivity contribution < 1.29 is 13.2 Å². The van der Waals surface area contributed by atoms with Crippen LogP contribution >= 0.6 is 23.2 Å². The number of rotatable bonds is 6. The van der Waals surface area contributed by atoms with Crippen molar-refractivity contribution in [3.63, 3.8) is 0 Å². The van der Waals surface area contributed by atoms with Crippen molar-refractivity contribution in [3.05, 3.63) is 86.9 Å². The highest BCUT2D eigenvalue weighted by Crippen LogP contribution is 2.38. The molecule has 8 heteroatoms. The molecular formula is C26H22Cl2N2O3S. The van der Waals surface area contributed by atoms with Crippen molar-refractivity contribution in [2.75, 3.05) is 11.6 Å². The summed E-state index contributed by atoms with van der Waals surface area (Å²) in [6.45, 7) is 3.92. The molecule has 0 fully saturated rings. The summed E-state index contributed by atoms with van der Waals surface area (Å²) in [5.41, 5.74) is 4.75. The Kier molecular flexibility index (Phi) is 7.83. The molecule has 0 saturated carbocycles. The zero-order valence-electron chi connectivity index (χ0n) is 18.8. The second-order valence-electron chi connectivity index (χ2n) is 8.09. The maximum absolute atomic E-state index is 12.5. The van der Waals surface area contributed by atoms with E-state index in [1.165, 1.54) is 12.1 Å². The number of amides is 1. The fourth-order valence-corrected chi connectivity index (χ4v) is 4.75. The van der Waals surface area contributed by atoms with Gasteiger partial charge in [0.05, 0.1) is 33.0 Å². The molecule has 1 N–H and O–H groups in total. The first-order chi connectivity index (χ1) is 16.0. The predicted octanol–water partition coefficient (Wildman–Crippen LogP) is 6.54. The number of nitrogens with one attached hydrogen (secondary N) is 1. The first-order valence-corrected chi connectivity index (χ1v) is 12.9. The van der Waals surface area contributed by atoms with Crippen molar-refractivity contribution in [2.45, 2.75) is 25.2 Å². The normalized spacial score (nSPS) is 10.9. The number of benzene rings is 3. The highest BCUT2D eigenvalue weighted by molar-refractivity contribution is 7.90. The quantitative estimate of drug-likeness (QED) is 0.406. The fraction of sp³-hybridized carbons (Fsp3) is 0.154. The molecule has 0 aliphatic carbocycles. The van der Waals surface area contributed by atoms with Crippen LogP contribution in [-0.4, -0.2) is 20.6 Å². The van der Waals surface area contributed by atoms with E-state index in [1.807, 2.05) is 32.1 Å². The number of anilines is 1. The molecule has 0 bridgehead atoms. The van der Waals surface area contributed by atoms with Crippen LogP contribution < -0.4 is 5.32 Å². The molecule has 3 aromatic carbocycles. The predicted molar refractivity (Wildman–Crippen MR) is 138 cm³/mol. The molecule has 0 heterocycles. The summed E-state index contributed by atoms with van der Waals surface area (Å²) in [7, 11) is -3.30. The Morgan fingerprint density at radius 1 is 1.03 bits per heavy atom. The van der Waals surface area contributed by atoms with Gasteiger partial charge in [0.2, 0.25) is 5.91 Å². The number of nitrogens with zero attached hydrogens (tertiary/aromatic N) is 1. The fourth-order valence-electron chi connectivity index (χ4n) is 3.41. The summed E-state index contributed by atoms with van der Waals surface area (Å²) in [5, 5.41) is 13.0. The third-order valence-corrected chi connectivity index (χ3v) is 6.67. The number of hydrogen-bond acceptors (Lipinski definition) is 4. The van der Waals surface area contributed by atoms with Gasteiger partial charge in [-0.2, -0.15) is 5.26 Å². The Labute approximate surface area is 209 Å². The van der Waals surface area contributed by atoms with Crippen LogP contribution in [0.3, 0.4) is 0 Å². The Morgan fingerprint density at radius 3 is 2.18 bits per heavy atom. The summed E-state index contributed by atoms with van der Waals surface area (Å²) in [5.74, 6) is -0.301. The summed E-state index contributed by atoms with van der Waals surface area (Å²) < 4.78 is 23.1. The average molecular weight is 513 g/mol. The number of carbonyl (C=O) groups excluding carboxylic acids is 1. The highest BCUT2D eigenvalue weighted by atomic mass is 35.5. The molecular weight excluding hydrogens is 491 g/mol. The summed E-state index contributed by atoms with van der Waals surface area (Å²) in [6, 6.07) is 17.0. The van der Waals surface area contributed by atoms with Crippen LogP contribution in [0.5, 0.6) is 0 Å². The van der Waals surface area contributed by atoms with Crippen LogP contribution in [0.25, 0.3) is 17.2 Å². The van der Waals surface area contributed by atoms with E-state index < -0.39 is 9.84 Å². The molecule has 174 valence electrons. The van der Waals surface area contributed by atoms with Gasteiger partial charge in [-0.15, -0.1) is 0 Å². The van der Waals surface area contributed by atoms with Crippen LogP contribution in [0.4, 0.5) is 5.69 Å². The summed E-state index contributed by atoms with van der Waals surface area (Å²) in [4.78, 5) is 12.7. The Balaban J connectivity index is 1.81. The minimum Gasteiger partial charge on any atom is -0.326 e. The van der Waals surface area contributed by atoms with Crippen LogP contribution in [0.15, 0.2) is 65.1 Å². The molecule has 0 radical (unpaired) electrons. The molecule has 1 amide bonds. The van der Waals surface area contributed by atoms with Crippen molar-refractivity contribution in [2.24, 2.45) is 0 Å². The Bertz CT molecular complexity index is 1410. The van der Waals surface area contributed by atoms with Gasteiger partial charge in [-0.25, -0.2) is 8.42 Å². The number of nitriles is 1. The number of carbonyl (C=O) groups is 1. The number of allylic oxidation sites excluding steroid dienone is 1. The Morgan fingerprint density at radius 2 is 1.65 bits per heavy atom. The van der Waals surface area contributed by atoms with Crippen LogP contribution in [0.2, 0.25) is 10.0 Å². The van der Waals surface area contributed by atoms with Gasteiger partial charge >= 0.3 is 0 Å². The molecule has 0 aromatic heterocycles. The van der Waals surface area contributed by atoms with E-state index in [4.69, 9.17) is 23.2 Å². The Hall–Kier alpha value is -3.11. The number of sulfone groups is 1. The van der Waals surface area contributed by atoms with Gasteiger partial charge in [-0.3, -0.25) is 4.79 Å². The summed E-state index contributed by atoms with van der Waals surface area (Å²) >= 11 is 13.0. The molecule has 34 heavy (non-hydrogen) atoms. The molecule has 3 aromatic rings. The molecule has 0 spiro atoms. The van der Waals surface area contributed by atoms with Crippen molar-refractivity contribution in [3.8, 4) is 17.2 Å². The van der Waals surface area contributed by atoms with E-state index in [1.54, 1.807) is 30.3 Å². The van der Waals surface area contributed by atoms with E-state index >= 15 is 0 Å². The van der Waals surface area contributed by atoms with Crippen molar-refractivity contribution >= 4 is 50.7 Å². The third kappa shape index (κ3) is 6.27. The maximum Gasteiger partial charge on any atom is 0.228 e. The van der Waals surface area contributed by atoms with Gasteiger partial charge in [0.15, 0.2) is 9.84 Å². The molecule has 0 aliphatic heterocycles. The number of hydrogen-bond donors (Lipinski definition) is 1. The van der Waals surface area contributed by atoms with E-state index in [2.05, 4.69) is 11.4 Å². The van der Waals surface area contributed by atoms with Crippen LogP contribution in [0, 0.1) is 11.3 Å². The van der Waals surface area contributed by atoms with Crippen LogP contribution in [-0.2, 0) is 21.1 Å². The van der Waals surface area contributed by atoms with Gasteiger partial charge in [-0.1, -0.05) is 59.1 Å². The zero-order valence-corrected chi connectivity index (χ0v) is 21.1. The molecule has 0 aliphatic rings. The van der Waals surface area contributed by atoms with E-state index in [0.717, 1.165) is 17.4 Å². The van der Waals surface area contributed by atoms with E-state index in [-0.39, 0.29) is 17.2 Å². The van der Waals surface area contributed by atoms with Crippen LogP contribution in [0.1, 0.15) is 30.5 Å². The average Bonchev–Trinajstić information content (AvgIpc) is 2.73. The largest absolute Gasteiger partial charge is 0.326 e. The second-order valence-corrected chi connectivity index (χ2v) is 10.9. The van der Waals surface area contributed by atoms with Crippen molar-refractivity contribution in [1.29, 1.82) is 5.26 Å². The first kappa shape index (κ1) is 25.5. The zero-order chi connectivity index (χ0) is 25.0. The molecule has 0 saturated heterocycles. The minimum atomic E-state index is -3.30. The third-order valence-electron chi connectivity index (χ3n) is 4.95. The maximum atomic E-state index is 12.5. The van der Waals surface area contributed by atoms with Gasteiger partial charge < -0.3 is 5.32 Å². The second kappa shape index (κ2) is 10.4. The lowest BCUT2D eigenvalue weighted by molar-refractivity contribution is -0.115. The van der Waals surface area contributed by atoms with Crippen molar-refractivity contribution in [1.82, 2.24) is 0 Å². The lowest BCUT2D eigenvalue weighted by atomic mass is 9.98. The summed E-state index contributed by atoms with van der Waals surface area (Å²) in [6.07, 6.45) is 3.11. The molecule has 0 atom stereocenters. The first-order valence-electron chi connectivity index (χ1n) is 10.2. The topological polar surface area (TPSA) is 87.0 Å². The lowest BCUT2D eigenvalue weighted by Crippen LogP contribution is -2.14. The molecule has 0 unspecified atom stereocenters. The monoisotopic (exact) mass is 512 g/mol. The highest BCUT2D eigenvalue weighted by Gasteiger charge is 2.14. The minimum absolute atomic E-state index is 0.0540. The number of halogens is 2. The molecule has 3 rings (SSSR count). The standard InChI is InChI=1S/C26H22Cl2N2O3S/c1-16(2)10-18-6-7-19(12-20(18)15-29)26-23(27)13-21(14-24(26)28)30-25(31)11-17-4-8-22(9-5-17)34(3,32)33/h4-10,12-14H,11H2,1-3H3,(H,30,31). The van der Waals surface area contributed by atoms with Gasteiger partial charge in [-0.05, 0) is 60.9 Å². The molecule has 5 nitrogen and oxygen atoms in total. The van der Waals surface area contributed by atoms with E-state index in [9.17, 15) is 18.5 Å². The van der Waals surface area contributed by atoms with Gasteiger partial charge in [0.25, 0.3) is 0 Å². The van der Waals surface area contributed by atoms with Gasteiger partial charge in [0.1, 0.15) is 0 Å². The SMILES string of the molecule is CC(C)=Cc1ccc(-c2c(Cl)cc(NC(=O)Cc3ccc(S(C)(=O)=O)cc3)cc2Cl)cc1C#N. The van der Waals surface area contributed by atoms with E-state index in [0.29, 0.717) is 38.0 Å².